The molecule has 0 fully saturated rings. The lowest BCUT2D eigenvalue weighted by Crippen LogP contribution is -2.33. The van der Waals surface area contributed by atoms with Gasteiger partial charge in [-0.25, -0.2) is 13.1 Å². The Labute approximate surface area is 158 Å². The Hall–Kier alpha value is -2.71. The highest BCUT2D eigenvalue weighted by Gasteiger charge is 2.17. The Bertz CT molecular complexity index is 854. The van der Waals surface area contributed by atoms with Crippen molar-refractivity contribution in [2.24, 2.45) is 0 Å². The van der Waals surface area contributed by atoms with Crippen molar-refractivity contribution in [3.05, 3.63) is 66.2 Å². The van der Waals surface area contributed by atoms with Gasteiger partial charge in [-0.3, -0.25) is 9.59 Å². The third-order valence-electron chi connectivity index (χ3n) is 3.88. The van der Waals surface area contributed by atoms with Gasteiger partial charge in [-0.2, -0.15) is 0 Å². The van der Waals surface area contributed by atoms with Crippen molar-refractivity contribution >= 4 is 21.9 Å². The van der Waals surface area contributed by atoms with Crippen LogP contribution in [0.4, 0.5) is 0 Å². The maximum absolute atomic E-state index is 12.2. The van der Waals surface area contributed by atoms with Crippen LogP contribution in [0, 0.1) is 0 Å². The average Bonchev–Trinajstić information content (AvgIpc) is 2.66. The Morgan fingerprint density at radius 3 is 2.11 bits per heavy atom. The number of carbonyl (C=O) groups is 2. The van der Waals surface area contributed by atoms with Crippen molar-refractivity contribution in [3.63, 3.8) is 0 Å². The number of carboxylic acid groups (broad SMARTS) is 1. The van der Waals surface area contributed by atoms with Crippen molar-refractivity contribution in [2.45, 2.75) is 30.2 Å². The average molecular weight is 390 g/mol. The summed E-state index contributed by atoms with van der Waals surface area (Å²) >= 11 is 0. The van der Waals surface area contributed by atoms with Gasteiger partial charge < -0.3 is 10.4 Å². The lowest BCUT2D eigenvalue weighted by Gasteiger charge is -2.18. The van der Waals surface area contributed by atoms with E-state index in [0.29, 0.717) is 0 Å². The molecule has 0 spiro atoms. The minimum atomic E-state index is -3.67. The molecular weight excluding hydrogens is 368 g/mol. The van der Waals surface area contributed by atoms with E-state index in [1.807, 2.05) is 30.3 Å². The Morgan fingerprint density at radius 2 is 1.52 bits per heavy atom. The lowest BCUT2D eigenvalue weighted by atomic mass is 10.0. The van der Waals surface area contributed by atoms with E-state index in [4.69, 9.17) is 5.11 Å². The minimum Gasteiger partial charge on any atom is -0.481 e. The fraction of sp³-hybridized carbons (Fsp3) is 0.263. The molecule has 2 aromatic rings. The molecule has 3 N–H and O–H groups in total. The van der Waals surface area contributed by atoms with Gasteiger partial charge in [0.1, 0.15) is 0 Å². The van der Waals surface area contributed by atoms with E-state index in [1.165, 1.54) is 12.1 Å². The molecule has 0 saturated carbocycles. The van der Waals surface area contributed by atoms with Crippen LogP contribution in [0.25, 0.3) is 0 Å². The zero-order valence-electron chi connectivity index (χ0n) is 14.7. The molecule has 0 aliphatic carbocycles. The summed E-state index contributed by atoms with van der Waals surface area (Å²) in [6.07, 6.45) is 0.115. The highest BCUT2D eigenvalue weighted by molar-refractivity contribution is 7.89. The molecule has 0 aliphatic heterocycles. The second-order valence-electron chi connectivity index (χ2n) is 5.92. The molecule has 7 nitrogen and oxygen atoms in total. The Morgan fingerprint density at radius 1 is 0.926 bits per heavy atom. The summed E-state index contributed by atoms with van der Waals surface area (Å²) in [4.78, 5) is 23.2. The Kier molecular flexibility index (Phi) is 7.51. The predicted octanol–water partition coefficient (Wildman–Crippen LogP) is 2.08. The summed E-state index contributed by atoms with van der Waals surface area (Å²) in [5, 5.41) is 11.7. The number of nitrogens with one attached hydrogen (secondary N) is 2. The molecule has 1 unspecified atom stereocenters. The third-order valence-corrected chi connectivity index (χ3v) is 5.36. The van der Waals surface area contributed by atoms with Crippen LogP contribution in [0.15, 0.2) is 65.6 Å². The molecule has 144 valence electrons. The highest BCUT2D eigenvalue weighted by Crippen LogP contribution is 2.18. The first-order valence-electron chi connectivity index (χ1n) is 8.49. The van der Waals surface area contributed by atoms with Crippen molar-refractivity contribution in [3.8, 4) is 0 Å². The fourth-order valence-electron chi connectivity index (χ4n) is 2.52. The summed E-state index contributed by atoms with van der Waals surface area (Å²) in [5.41, 5.74) is 0.803. The van der Waals surface area contributed by atoms with Crippen LogP contribution >= 0.6 is 0 Å². The highest BCUT2D eigenvalue weighted by atomic mass is 32.2. The van der Waals surface area contributed by atoms with Crippen LogP contribution in [-0.2, 0) is 19.6 Å². The van der Waals surface area contributed by atoms with Gasteiger partial charge in [-0.1, -0.05) is 48.5 Å². The molecule has 0 aliphatic rings. The number of carbonyl (C=O) groups excluding carboxylic acids is 1. The number of benzene rings is 2. The van der Waals surface area contributed by atoms with Crippen molar-refractivity contribution in [2.75, 3.05) is 6.54 Å². The van der Waals surface area contributed by atoms with Gasteiger partial charge in [-0.05, 0) is 24.1 Å². The number of aliphatic carboxylic acids is 1. The number of amides is 1. The van der Waals surface area contributed by atoms with Crippen LogP contribution in [-0.4, -0.2) is 31.9 Å². The number of sulfonamides is 1. The summed E-state index contributed by atoms with van der Waals surface area (Å²) < 4.78 is 26.6. The Balaban J connectivity index is 1.91. The molecule has 2 aromatic carbocycles. The second kappa shape index (κ2) is 9.84. The zero-order chi connectivity index (χ0) is 19.7. The van der Waals surface area contributed by atoms with Gasteiger partial charge in [0, 0.05) is 19.4 Å². The van der Waals surface area contributed by atoms with Gasteiger partial charge in [-0.15, -0.1) is 0 Å². The van der Waals surface area contributed by atoms with E-state index in [2.05, 4.69) is 10.0 Å². The molecule has 0 heterocycles. The van der Waals surface area contributed by atoms with E-state index in [0.717, 1.165) is 5.56 Å². The lowest BCUT2D eigenvalue weighted by molar-refractivity contribution is -0.137. The summed E-state index contributed by atoms with van der Waals surface area (Å²) in [5.74, 6) is -1.30. The molecular formula is C19H22N2O5S. The molecule has 2 rings (SSSR count). The molecule has 8 heteroatoms. The second-order valence-corrected chi connectivity index (χ2v) is 7.69. The third kappa shape index (κ3) is 6.84. The maximum atomic E-state index is 12.2. The summed E-state index contributed by atoms with van der Waals surface area (Å²) in [6, 6.07) is 16.5. The maximum Gasteiger partial charge on any atom is 0.303 e. The van der Waals surface area contributed by atoms with Gasteiger partial charge >= 0.3 is 5.97 Å². The zero-order valence-corrected chi connectivity index (χ0v) is 15.5. The van der Waals surface area contributed by atoms with E-state index in [9.17, 15) is 18.0 Å². The molecule has 0 radical (unpaired) electrons. The molecule has 27 heavy (non-hydrogen) atoms. The van der Waals surface area contributed by atoms with Gasteiger partial charge in [0.05, 0.1) is 10.9 Å². The monoisotopic (exact) mass is 390 g/mol. The first-order chi connectivity index (χ1) is 12.9. The molecule has 0 aromatic heterocycles. The van der Waals surface area contributed by atoms with E-state index in [1.54, 1.807) is 18.2 Å². The largest absolute Gasteiger partial charge is 0.481 e. The van der Waals surface area contributed by atoms with Gasteiger partial charge in [0.15, 0.2) is 0 Å². The molecule has 0 bridgehead atoms. The van der Waals surface area contributed by atoms with Gasteiger partial charge in [0.25, 0.3) is 0 Å². The number of rotatable bonds is 10. The first-order valence-corrected chi connectivity index (χ1v) is 9.97. The molecule has 1 atom stereocenters. The van der Waals surface area contributed by atoms with Crippen LogP contribution in [0.3, 0.4) is 0 Å². The van der Waals surface area contributed by atoms with Crippen LogP contribution in [0.2, 0.25) is 0 Å². The topological polar surface area (TPSA) is 113 Å². The minimum absolute atomic E-state index is 0.0521. The smallest absolute Gasteiger partial charge is 0.303 e. The fourth-order valence-corrected chi connectivity index (χ4v) is 3.58. The van der Waals surface area contributed by atoms with Crippen molar-refractivity contribution in [1.29, 1.82) is 0 Å². The van der Waals surface area contributed by atoms with Crippen LogP contribution in [0.1, 0.15) is 30.9 Å². The summed E-state index contributed by atoms with van der Waals surface area (Å²) in [7, 11) is -3.67. The normalized spacial score (nSPS) is 12.3. The van der Waals surface area contributed by atoms with Crippen LogP contribution in [0.5, 0.6) is 0 Å². The number of carboxylic acids is 1. The van der Waals surface area contributed by atoms with Crippen LogP contribution < -0.4 is 10.0 Å². The standard InChI is InChI=1S/C19H22N2O5S/c22-18(13-14-20-27(25,26)16-9-5-2-6-10-16)21-17(11-12-19(23)24)15-7-3-1-4-8-15/h1-10,17,20H,11-14H2,(H,21,22)(H,23,24). The van der Waals surface area contributed by atoms with E-state index in [-0.39, 0.29) is 36.6 Å². The van der Waals surface area contributed by atoms with E-state index >= 15 is 0 Å². The van der Waals surface area contributed by atoms with Crippen molar-refractivity contribution < 1.29 is 23.1 Å². The molecule has 0 saturated heterocycles. The SMILES string of the molecule is O=C(O)CCC(NC(=O)CCNS(=O)(=O)c1ccccc1)c1ccccc1. The number of hydrogen-bond acceptors (Lipinski definition) is 4. The molecule has 1 amide bonds. The number of hydrogen-bond donors (Lipinski definition) is 3. The first kappa shape index (κ1) is 20.6. The van der Waals surface area contributed by atoms with E-state index < -0.39 is 22.0 Å². The predicted molar refractivity (Wildman–Crippen MR) is 100 cm³/mol. The quantitative estimate of drug-likeness (QED) is 0.575. The van der Waals surface area contributed by atoms with Gasteiger partial charge in [0.2, 0.25) is 15.9 Å². The van der Waals surface area contributed by atoms with Crippen molar-refractivity contribution in [1.82, 2.24) is 10.0 Å². The summed E-state index contributed by atoms with van der Waals surface area (Å²) in [6.45, 7) is -0.0521.